The number of unbranched alkanes of at least 4 members (excludes halogenated alkanes) is 15. The van der Waals surface area contributed by atoms with Crippen molar-refractivity contribution in [1.29, 1.82) is 0 Å². The smallest absolute Gasteiger partial charge is 0.0443 e. The van der Waals surface area contributed by atoms with Gasteiger partial charge in [-0.25, -0.2) is 0 Å². The van der Waals surface area contributed by atoms with E-state index in [1.807, 2.05) is 0 Å². The van der Waals surface area contributed by atoms with Gasteiger partial charge < -0.3 is 15.1 Å². The van der Waals surface area contributed by atoms with Gasteiger partial charge in [-0.15, -0.1) is 0 Å². The Labute approximate surface area is 170 Å². The van der Waals surface area contributed by atoms with Crippen LogP contribution in [0, 0.1) is 0 Å². The average Bonchev–Trinajstić information content (AvgIpc) is 2.69. The molecule has 0 heterocycles. The van der Waals surface area contributed by atoms with E-state index in [4.69, 9.17) is 10.2 Å². The monoisotopic (exact) mass is 385 g/mol. The zero-order valence-corrected chi connectivity index (χ0v) is 18.6. The summed E-state index contributed by atoms with van der Waals surface area (Å²) in [6.07, 6.45) is 24.3. The van der Waals surface area contributed by atoms with E-state index in [-0.39, 0.29) is 13.2 Å². The molecule has 0 bridgehead atoms. The highest BCUT2D eigenvalue weighted by Gasteiger charge is 2.03. The summed E-state index contributed by atoms with van der Waals surface area (Å²) in [6, 6.07) is 0. The van der Waals surface area contributed by atoms with Gasteiger partial charge in [-0.05, 0) is 25.8 Å². The lowest BCUT2D eigenvalue weighted by Gasteiger charge is -2.21. The lowest BCUT2D eigenvalue weighted by Crippen LogP contribution is -2.28. The van der Waals surface area contributed by atoms with Crippen molar-refractivity contribution in [2.24, 2.45) is 0 Å². The molecule has 0 unspecified atom stereocenters. The molecular weight excluding hydrogens is 334 g/mol. The Morgan fingerprint density at radius 1 is 0.407 bits per heavy atom. The summed E-state index contributed by atoms with van der Waals surface area (Å²) in [5, 5.41) is 18.0. The summed E-state index contributed by atoms with van der Waals surface area (Å²) in [5.74, 6) is 0. The summed E-state index contributed by atoms with van der Waals surface area (Å²) in [5.41, 5.74) is 0. The van der Waals surface area contributed by atoms with E-state index in [9.17, 15) is 0 Å². The standard InChI is InChI=1S/C24H51NO2/c1-2-3-4-5-6-7-8-9-10-11-12-13-14-15-16-17-20-25(21-18-23-26)22-19-24-27/h26-27H,2-24H2,1H3. The van der Waals surface area contributed by atoms with E-state index >= 15 is 0 Å². The number of aliphatic hydroxyl groups excluding tert-OH is 2. The predicted molar refractivity (Wildman–Crippen MR) is 119 cm³/mol. The van der Waals surface area contributed by atoms with Crippen LogP contribution in [0.15, 0.2) is 0 Å². The fourth-order valence-corrected chi connectivity index (χ4v) is 3.81. The molecular formula is C24H51NO2. The third kappa shape index (κ3) is 22.0. The van der Waals surface area contributed by atoms with Gasteiger partial charge in [-0.1, -0.05) is 103 Å². The maximum absolute atomic E-state index is 8.98. The van der Waals surface area contributed by atoms with Gasteiger partial charge in [0, 0.05) is 26.3 Å². The fraction of sp³-hybridized carbons (Fsp3) is 1.00. The van der Waals surface area contributed by atoms with Crippen molar-refractivity contribution in [3.63, 3.8) is 0 Å². The molecule has 3 nitrogen and oxygen atoms in total. The van der Waals surface area contributed by atoms with Crippen molar-refractivity contribution in [3.8, 4) is 0 Å². The van der Waals surface area contributed by atoms with Crippen LogP contribution in [0.5, 0.6) is 0 Å². The van der Waals surface area contributed by atoms with Gasteiger partial charge in [-0.3, -0.25) is 0 Å². The number of nitrogens with zero attached hydrogens (tertiary/aromatic N) is 1. The highest BCUT2D eigenvalue weighted by molar-refractivity contribution is 4.59. The third-order valence-corrected chi connectivity index (χ3v) is 5.59. The van der Waals surface area contributed by atoms with Gasteiger partial charge in [0.2, 0.25) is 0 Å². The molecule has 0 atom stereocenters. The van der Waals surface area contributed by atoms with Gasteiger partial charge in [0.1, 0.15) is 0 Å². The Morgan fingerprint density at radius 3 is 1.04 bits per heavy atom. The molecule has 0 aromatic heterocycles. The molecule has 0 aliphatic rings. The maximum atomic E-state index is 8.98. The molecule has 0 rings (SSSR count). The van der Waals surface area contributed by atoms with E-state index in [2.05, 4.69) is 11.8 Å². The van der Waals surface area contributed by atoms with Crippen molar-refractivity contribution in [2.75, 3.05) is 32.8 Å². The van der Waals surface area contributed by atoms with Crippen molar-refractivity contribution >= 4 is 0 Å². The Hall–Kier alpha value is -0.120. The van der Waals surface area contributed by atoms with Crippen molar-refractivity contribution < 1.29 is 10.2 Å². The van der Waals surface area contributed by atoms with Crippen LogP contribution in [0.4, 0.5) is 0 Å². The second-order valence-electron chi connectivity index (χ2n) is 8.30. The minimum absolute atomic E-state index is 0.272. The minimum atomic E-state index is 0.272. The fourth-order valence-electron chi connectivity index (χ4n) is 3.81. The van der Waals surface area contributed by atoms with Crippen LogP contribution in [-0.4, -0.2) is 48.0 Å². The predicted octanol–water partition coefficient (Wildman–Crippen LogP) is 6.31. The molecule has 164 valence electrons. The first kappa shape index (κ1) is 26.9. The van der Waals surface area contributed by atoms with Crippen LogP contribution in [0.25, 0.3) is 0 Å². The lowest BCUT2D eigenvalue weighted by molar-refractivity contribution is 0.199. The van der Waals surface area contributed by atoms with Gasteiger partial charge in [-0.2, -0.15) is 0 Å². The minimum Gasteiger partial charge on any atom is -0.396 e. The van der Waals surface area contributed by atoms with Gasteiger partial charge in [0.05, 0.1) is 0 Å². The Balaban J connectivity index is 3.24. The largest absolute Gasteiger partial charge is 0.396 e. The molecule has 0 fully saturated rings. The van der Waals surface area contributed by atoms with Crippen molar-refractivity contribution in [3.05, 3.63) is 0 Å². The van der Waals surface area contributed by atoms with Crippen LogP contribution < -0.4 is 0 Å². The topological polar surface area (TPSA) is 43.7 Å². The molecule has 2 N–H and O–H groups in total. The zero-order valence-electron chi connectivity index (χ0n) is 18.6. The average molecular weight is 386 g/mol. The molecule has 0 amide bonds. The quantitative estimate of drug-likeness (QED) is 0.202. The van der Waals surface area contributed by atoms with Crippen LogP contribution >= 0.6 is 0 Å². The molecule has 0 aromatic rings. The number of hydrogen-bond donors (Lipinski definition) is 2. The summed E-state index contributed by atoms with van der Waals surface area (Å²) < 4.78 is 0. The van der Waals surface area contributed by atoms with Crippen LogP contribution in [0.2, 0.25) is 0 Å². The maximum Gasteiger partial charge on any atom is 0.0443 e. The SMILES string of the molecule is CCCCCCCCCCCCCCCCCCN(CCCO)CCCO. The molecule has 0 radical (unpaired) electrons. The van der Waals surface area contributed by atoms with Gasteiger partial charge in [0.25, 0.3) is 0 Å². The molecule has 0 saturated carbocycles. The van der Waals surface area contributed by atoms with E-state index in [0.29, 0.717) is 0 Å². The van der Waals surface area contributed by atoms with E-state index in [1.54, 1.807) is 0 Å². The molecule has 0 aliphatic heterocycles. The van der Waals surface area contributed by atoms with E-state index in [0.717, 1.165) is 32.5 Å². The van der Waals surface area contributed by atoms with Gasteiger partial charge >= 0.3 is 0 Å². The van der Waals surface area contributed by atoms with Crippen molar-refractivity contribution in [2.45, 2.75) is 122 Å². The zero-order chi connectivity index (χ0) is 19.8. The molecule has 0 aromatic carbocycles. The highest BCUT2D eigenvalue weighted by Crippen LogP contribution is 2.13. The molecule has 0 aliphatic carbocycles. The first-order valence-electron chi connectivity index (χ1n) is 12.3. The second-order valence-corrected chi connectivity index (χ2v) is 8.30. The number of hydrogen-bond acceptors (Lipinski definition) is 3. The first-order valence-corrected chi connectivity index (χ1v) is 12.3. The first-order chi connectivity index (χ1) is 13.3. The van der Waals surface area contributed by atoms with Gasteiger partial charge in [0.15, 0.2) is 0 Å². The third-order valence-electron chi connectivity index (χ3n) is 5.59. The van der Waals surface area contributed by atoms with Crippen LogP contribution in [0.3, 0.4) is 0 Å². The summed E-state index contributed by atoms with van der Waals surface area (Å²) in [4.78, 5) is 2.40. The summed E-state index contributed by atoms with van der Waals surface area (Å²) in [6.45, 7) is 5.89. The number of aliphatic hydroxyl groups is 2. The summed E-state index contributed by atoms with van der Waals surface area (Å²) >= 11 is 0. The second kappa shape index (κ2) is 23.9. The highest BCUT2D eigenvalue weighted by atomic mass is 16.3. The van der Waals surface area contributed by atoms with E-state index in [1.165, 1.54) is 103 Å². The number of rotatable bonds is 23. The lowest BCUT2D eigenvalue weighted by atomic mass is 10.0. The van der Waals surface area contributed by atoms with Crippen LogP contribution in [0.1, 0.15) is 122 Å². The van der Waals surface area contributed by atoms with Crippen molar-refractivity contribution in [1.82, 2.24) is 4.90 Å². The summed E-state index contributed by atoms with van der Waals surface area (Å²) in [7, 11) is 0. The van der Waals surface area contributed by atoms with Crippen LogP contribution in [-0.2, 0) is 0 Å². The molecule has 0 spiro atoms. The Kier molecular flexibility index (Phi) is 23.8. The Bertz CT molecular complexity index is 253. The normalized spacial score (nSPS) is 11.6. The molecule has 27 heavy (non-hydrogen) atoms. The van der Waals surface area contributed by atoms with E-state index < -0.39 is 0 Å². The molecule has 0 saturated heterocycles. The molecule has 3 heteroatoms. The Morgan fingerprint density at radius 2 is 0.704 bits per heavy atom.